The van der Waals surface area contributed by atoms with Gasteiger partial charge < -0.3 is 13.9 Å². The molecule has 0 aliphatic heterocycles. The molecular weight excluding hydrogens is 563 g/mol. The van der Waals surface area contributed by atoms with Gasteiger partial charge in [0, 0.05) is 15.1 Å². The van der Waals surface area contributed by atoms with Crippen LogP contribution >= 0.6 is 55.1 Å². The Morgan fingerprint density at radius 3 is 2.73 bits per heavy atom. The molecule has 1 aromatic heterocycles. The van der Waals surface area contributed by atoms with Gasteiger partial charge >= 0.3 is 0 Å². The molecule has 0 saturated heterocycles. The van der Waals surface area contributed by atoms with Crippen molar-refractivity contribution in [1.29, 1.82) is 0 Å². The van der Waals surface area contributed by atoms with Crippen molar-refractivity contribution in [1.82, 2.24) is 5.43 Å². The Balaban J connectivity index is 1.57. The second-order valence-electron chi connectivity index (χ2n) is 5.83. The predicted molar refractivity (Wildman–Crippen MR) is 124 cm³/mol. The third-order valence-corrected chi connectivity index (χ3v) is 5.34. The van der Waals surface area contributed by atoms with Gasteiger partial charge in [0.15, 0.2) is 18.1 Å². The average Bonchev–Trinajstić information content (AvgIpc) is 3.15. The number of carbonyl (C=O) groups excluding carboxylic acids is 1. The molecule has 1 heterocycles. The number of benzene rings is 2. The van der Waals surface area contributed by atoms with Crippen molar-refractivity contribution in [3.8, 4) is 22.8 Å². The summed E-state index contributed by atoms with van der Waals surface area (Å²) in [6, 6.07) is 12.1. The number of nitrogens with zero attached hydrogens (tertiary/aromatic N) is 1. The van der Waals surface area contributed by atoms with Gasteiger partial charge in [-0.1, -0.05) is 39.1 Å². The average molecular weight is 577 g/mol. The Labute approximate surface area is 199 Å². The molecule has 0 bridgehead atoms. The fourth-order valence-corrected chi connectivity index (χ4v) is 4.22. The summed E-state index contributed by atoms with van der Waals surface area (Å²) < 4.78 is 17.9. The van der Waals surface area contributed by atoms with Crippen LogP contribution in [0.4, 0.5) is 0 Å². The topological polar surface area (TPSA) is 73.1 Å². The van der Waals surface area contributed by atoms with Crippen LogP contribution in [0.5, 0.6) is 11.5 Å². The predicted octanol–water partition coefficient (Wildman–Crippen LogP) is 6.32. The third-order valence-electron chi connectivity index (χ3n) is 3.75. The normalized spacial score (nSPS) is 11.0. The molecule has 30 heavy (non-hydrogen) atoms. The molecule has 0 saturated carbocycles. The lowest BCUT2D eigenvalue weighted by molar-refractivity contribution is -0.123. The summed E-state index contributed by atoms with van der Waals surface area (Å²) in [5.41, 5.74) is 3.08. The highest BCUT2D eigenvalue weighted by atomic mass is 79.9. The molecular formula is C20H14Br2Cl2N2O4. The van der Waals surface area contributed by atoms with Gasteiger partial charge in [0.05, 0.1) is 22.8 Å². The maximum Gasteiger partial charge on any atom is 0.277 e. The highest BCUT2D eigenvalue weighted by molar-refractivity contribution is 9.11. The molecule has 10 heteroatoms. The summed E-state index contributed by atoms with van der Waals surface area (Å²) in [7, 11) is 1.51. The van der Waals surface area contributed by atoms with Crippen LogP contribution in [0.3, 0.4) is 0 Å². The van der Waals surface area contributed by atoms with E-state index in [0.29, 0.717) is 43.1 Å². The number of nitrogens with one attached hydrogen (secondary N) is 1. The first-order valence-electron chi connectivity index (χ1n) is 8.40. The molecule has 6 nitrogen and oxygen atoms in total. The maximum absolute atomic E-state index is 12.0. The second-order valence-corrected chi connectivity index (χ2v) is 8.44. The molecule has 1 amide bonds. The standard InChI is InChI=1S/C20H14Br2Cl2N2O4/c1-28-18-7-11(21)6-15(22)20(18)29-10-19(27)26-25-9-13-3-5-17(30-13)14-4-2-12(23)8-16(14)24/h2-9H,10H2,1H3,(H,26,27)/b25-9+. The third kappa shape index (κ3) is 5.78. The van der Waals surface area contributed by atoms with Gasteiger partial charge in [-0.15, -0.1) is 0 Å². The van der Waals surface area contributed by atoms with E-state index in [9.17, 15) is 4.79 Å². The summed E-state index contributed by atoms with van der Waals surface area (Å²) in [5.74, 6) is 1.44. The van der Waals surface area contributed by atoms with E-state index in [2.05, 4.69) is 42.4 Å². The number of hydrogen-bond acceptors (Lipinski definition) is 5. The van der Waals surface area contributed by atoms with E-state index < -0.39 is 5.91 Å². The number of furan rings is 1. The van der Waals surface area contributed by atoms with Crippen LogP contribution in [0.2, 0.25) is 10.0 Å². The van der Waals surface area contributed by atoms with Crippen molar-refractivity contribution in [2.75, 3.05) is 13.7 Å². The lowest BCUT2D eigenvalue weighted by Gasteiger charge is -2.12. The Bertz CT molecular complexity index is 1100. The molecule has 0 unspecified atom stereocenters. The number of halogens is 4. The Morgan fingerprint density at radius 2 is 2.00 bits per heavy atom. The summed E-state index contributed by atoms with van der Waals surface area (Å²) in [6.45, 7) is -0.252. The van der Waals surface area contributed by atoms with Crippen molar-refractivity contribution in [2.24, 2.45) is 5.10 Å². The Morgan fingerprint density at radius 1 is 1.20 bits per heavy atom. The number of hydrazone groups is 1. The first kappa shape index (κ1) is 22.7. The fraction of sp³-hybridized carbons (Fsp3) is 0.100. The molecule has 1 N–H and O–H groups in total. The van der Waals surface area contributed by atoms with Gasteiger partial charge in [-0.05, 0) is 58.4 Å². The minimum atomic E-state index is -0.448. The second kappa shape index (κ2) is 10.3. The lowest BCUT2D eigenvalue weighted by atomic mass is 10.2. The van der Waals surface area contributed by atoms with Gasteiger partial charge in [-0.3, -0.25) is 4.79 Å². The van der Waals surface area contributed by atoms with Gasteiger partial charge in [0.2, 0.25) is 0 Å². The Hall–Kier alpha value is -2.00. The van der Waals surface area contributed by atoms with E-state index in [1.165, 1.54) is 13.3 Å². The SMILES string of the molecule is COc1cc(Br)cc(Br)c1OCC(=O)N/N=C/c1ccc(-c2ccc(Cl)cc2Cl)o1. The van der Waals surface area contributed by atoms with Gasteiger partial charge in [-0.25, -0.2) is 5.43 Å². The van der Waals surface area contributed by atoms with E-state index in [4.69, 9.17) is 37.1 Å². The van der Waals surface area contributed by atoms with Crippen molar-refractivity contribution < 1.29 is 18.7 Å². The summed E-state index contributed by atoms with van der Waals surface area (Å²) in [5, 5.41) is 4.88. The summed E-state index contributed by atoms with van der Waals surface area (Å²) >= 11 is 18.8. The first-order chi connectivity index (χ1) is 14.4. The van der Waals surface area contributed by atoms with Crippen LogP contribution in [0, 0.1) is 0 Å². The van der Waals surface area contributed by atoms with Crippen LogP contribution in [-0.4, -0.2) is 25.8 Å². The number of carbonyl (C=O) groups is 1. The number of rotatable bonds is 7. The zero-order chi connectivity index (χ0) is 21.7. The van der Waals surface area contributed by atoms with Gasteiger partial charge in [0.1, 0.15) is 11.5 Å². The maximum atomic E-state index is 12.0. The molecule has 0 atom stereocenters. The molecule has 3 aromatic rings. The van der Waals surface area contributed by atoms with Crippen LogP contribution in [0.25, 0.3) is 11.3 Å². The number of methoxy groups -OCH3 is 1. The van der Waals surface area contributed by atoms with Crippen LogP contribution in [0.15, 0.2) is 60.9 Å². The van der Waals surface area contributed by atoms with Gasteiger partial charge in [-0.2, -0.15) is 5.10 Å². The molecule has 0 fully saturated rings. The fourth-order valence-electron chi connectivity index (χ4n) is 2.42. The zero-order valence-electron chi connectivity index (χ0n) is 15.4. The van der Waals surface area contributed by atoms with Crippen LogP contribution in [0.1, 0.15) is 5.76 Å². The van der Waals surface area contributed by atoms with Gasteiger partial charge in [0.25, 0.3) is 5.91 Å². The lowest BCUT2D eigenvalue weighted by Crippen LogP contribution is -2.24. The number of hydrogen-bond donors (Lipinski definition) is 1. The largest absolute Gasteiger partial charge is 0.493 e. The molecule has 2 aromatic carbocycles. The minimum absolute atomic E-state index is 0.252. The van der Waals surface area contributed by atoms with E-state index in [1.807, 2.05) is 0 Å². The minimum Gasteiger partial charge on any atom is -0.493 e. The highest BCUT2D eigenvalue weighted by Gasteiger charge is 2.13. The Kier molecular flexibility index (Phi) is 7.82. The monoisotopic (exact) mass is 574 g/mol. The molecule has 0 aliphatic rings. The molecule has 0 spiro atoms. The van der Waals surface area contributed by atoms with Crippen LogP contribution < -0.4 is 14.9 Å². The smallest absolute Gasteiger partial charge is 0.277 e. The van der Waals surface area contributed by atoms with E-state index in [-0.39, 0.29) is 6.61 Å². The molecule has 0 radical (unpaired) electrons. The zero-order valence-corrected chi connectivity index (χ0v) is 20.1. The van der Waals surface area contributed by atoms with Crippen molar-refractivity contribution >= 4 is 67.2 Å². The van der Waals surface area contributed by atoms with Crippen molar-refractivity contribution in [3.05, 3.63) is 67.2 Å². The summed E-state index contributed by atoms with van der Waals surface area (Å²) in [4.78, 5) is 12.0. The molecule has 156 valence electrons. The summed E-state index contributed by atoms with van der Waals surface area (Å²) in [6.07, 6.45) is 1.38. The van der Waals surface area contributed by atoms with E-state index in [1.54, 1.807) is 42.5 Å². The van der Waals surface area contributed by atoms with Crippen molar-refractivity contribution in [2.45, 2.75) is 0 Å². The van der Waals surface area contributed by atoms with Crippen LogP contribution in [-0.2, 0) is 4.79 Å². The quantitative estimate of drug-likeness (QED) is 0.264. The molecule has 3 rings (SSSR count). The van der Waals surface area contributed by atoms with Crippen molar-refractivity contribution in [3.63, 3.8) is 0 Å². The molecule has 0 aliphatic carbocycles. The first-order valence-corrected chi connectivity index (χ1v) is 10.7. The van der Waals surface area contributed by atoms with E-state index in [0.717, 1.165) is 4.47 Å². The van der Waals surface area contributed by atoms with E-state index >= 15 is 0 Å². The number of ether oxygens (including phenoxy) is 2. The number of amides is 1. The highest BCUT2D eigenvalue weighted by Crippen LogP contribution is 2.38.